The van der Waals surface area contributed by atoms with Gasteiger partial charge in [-0.05, 0) is 49.6 Å². The maximum atomic E-state index is 11.7. The highest BCUT2D eigenvalue weighted by atomic mass is 16.1. The molecular formula is C17H22N6O. The molecule has 3 rings (SSSR count). The average molecular weight is 326 g/mol. The first kappa shape index (κ1) is 16.2. The smallest absolute Gasteiger partial charge is 0.223 e. The van der Waals surface area contributed by atoms with E-state index < -0.39 is 0 Å². The average Bonchev–Trinajstić information content (AvgIpc) is 2.51. The molecule has 3 N–H and O–H groups in total. The van der Waals surface area contributed by atoms with Crippen LogP contribution in [0.5, 0.6) is 0 Å². The summed E-state index contributed by atoms with van der Waals surface area (Å²) in [5.41, 5.74) is 1.13. The number of carbonyl (C=O) groups excluding carboxylic acids is 1. The highest BCUT2D eigenvalue weighted by molar-refractivity contribution is 5.79. The summed E-state index contributed by atoms with van der Waals surface area (Å²) < 4.78 is 0. The van der Waals surface area contributed by atoms with Crippen molar-refractivity contribution in [2.24, 2.45) is 5.92 Å². The summed E-state index contributed by atoms with van der Waals surface area (Å²) in [6.07, 6.45) is 4.97. The lowest BCUT2D eigenvalue weighted by molar-refractivity contribution is -0.127. The Labute approximate surface area is 141 Å². The first-order chi connectivity index (χ1) is 11.7. The van der Waals surface area contributed by atoms with E-state index in [0.717, 1.165) is 24.2 Å². The molecule has 126 valence electrons. The van der Waals surface area contributed by atoms with Gasteiger partial charge in [0.05, 0.1) is 0 Å². The third kappa shape index (κ3) is 4.41. The molecule has 2 aromatic heterocycles. The molecule has 0 unspecified atom stereocenters. The van der Waals surface area contributed by atoms with Crippen molar-refractivity contribution in [1.82, 2.24) is 20.5 Å². The highest BCUT2D eigenvalue weighted by Gasteiger charge is 2.24. The SMILES string of the molecule is Cc1ccnc(Nc2ccc(NCCNC(=O)C3CCC3)nn2)c1. The fourth-order valence-corrected chi connectivity index (χ4v) is 2.42. The number of pyridine rings is 1. The molecule has 1 fully saturated rings. The summed E-state index contributed by atoms with van der Waals surface area (Å²) in [7, 11) is 0. The van der Waals surface area contributed by atoms with E-state index in [4.69, 9.17) is 0 Å². The molecule has 7 heteroatoms. The molecule has 2 heterocycles. The molecular weight excluding hydrogens is 304 g/mol. The van der Waals surface area contributed by atoms with Crippen molar-refractivity contribution in [2.45, 2.75) is 26.2 Å². The zero-order valence-electron chi connectivity index (χ0n) is 13.7. The summed E-state index contributed by atoms with van der Waals surface area (Å²) in [6, 6.07) is 7.57. The molecule has 0 aromatic carbocycles. The van der Waals surface area contributed by atoms with Crippen molar-refractivity contribution >= 4 is 23.4 Å². The molecule has 0 atom stereocenters. The van der Waals surface area contributed by atoms with E-state index in [-0.39, 0.29) is 11.8 Å². The Morgan fingerprint density at radius 1 is 1.12 bits per heavy atom. The Kier molecular flexibility index (Phi) is 5.20. The fourth-order valence-electron chi connectivity index (χ4n) is 2.42. The second kappa shape index (κ2) is 7.72. The standard InChI is InChI=1S/C17H22N6O/c1-12-7-8-18-16(11-12)21-15-6-5-14(22-23-15)19-9-10-20-17(24)13-3-2-4-13/h5-8,11,13H,2-4,9-10H2,1H3,(H,19,22)(H,20,24)(H,18,21,23). The monoisotopic (exact) mass is 326 g/mol. The Bertz CT molecular complexity index is 684. The van der Waals surface area contributed by atoms with E-state index in [1.54, 1.807) is 6.20 Å². The molecule has 0 aliphatic heterocycles. The van der Waals surface area contributed by atoms with Crippen LogP contribution in [0.15, 0.2) is 30.5 Å². The fraction of sp³-hybridized carbons (Fsp3) is 0.412. The minimum absolute atomic E-state index is 0.166. The van der Waals surface area contributed by atoms with E-state index in [2.05, 4.69) is 31.1 Å². The van der Waals surface area contributed by atoms with Crippen molar-refractivity contribution in [3.63, 3.8) is 0 Å². The second-order valence-corrected chi connectivity index (χ2v) is 5.99. The number of amides is 1. The maximum absolute atomic E-state index is 11.7. The van der Waals surface area contributed by atoms with Crippen LogP contribution in [0.4, 0.5) is 17.5 Å². The van der Waals surface area contributed by atoms with Gasteiger partial charge in [-0.25, -0.2) is 4.98 Å². The Morgan fingerprint density at radius 3 is 2.58 bits per heavy atom. The van der Waals surface area contributed by atoms with Crippen molar-refractivity contribution < 1.29 is 4.79 Å². The number of nitrogens with zero attached hydrogens (tertiary/aromatic N) is 3. The Balaban J connectivity index is 1.42. The van der Waals surface area contributed by atoms with Gasteiger partial charge in [-0.3, -0.25) is 4.79 Å². The van der Waals surface area contributed by atoms with Gasteiger partial charge in [0, 0.05) is 25.2 Å². The van der Waals surface area contributed by atoms with E-state index in [9.17, 15) is 4.79 Å². The highest BCUT2D eigenvalue weighted by Crippen LogP contribution is 2.25. The molecule has 1 aliphatic carbocycles. The summed E-state index contributed by atoms with van der Waals surface area (Å²) in [5.74, 6) is 2.45. The molecule has 7 nitrogen and oxygen atoms in total. The lowest BCUT2D eigenvalue weighted by atomic mass is 9.85. The van der Waals surface area contributed by atoms with Crippen molar-refractivity contribution in [3.8, 4) is 0 Å². The normalized spacial score (nSPS) is 13.9. The number of rotatable bonds is 7. The van der Waals surface area contributed by atoms with Gasteiger partial charge in [0.2, 0.25) is 5.91 Å². The van der Waals surface area contributed by atoms with Crippen LogP contribution in [0.2, 0.25) is 0 Å². The summed E-state index contributed by atoms with van der Waals surface area (Å²) in [6.45, 7) is 3.22. The number of aryl methyl sites for hydroxylation is 1. The predicted octanol–water partition coefficient (Wildman–Crippen LogP) is 2.25. The van der Waals surface area contributed by atoms with Gasteiger partial charge in [-0.1, -0.05) is 6.42 Å². The first-order valence-electron chi connectivity index (χ1n) is 8.26. The molecule has 0 radical (unpaired) electrons. The van der Waals surface area contributed by atoms with Crippen LogP contribution >= 0.6 is 0 Å². The van der Waals surface area contributed by atoms with Crippen LogP contribution in [-0.2, 0) is 4.79 Å². The van der Waals surface area contributed by atoms with Crippen LogP contribution in [0.3, 0.4) is 0 Å². The van der Waals surface area contributed by atoms with Crippen molar-refractivity contribution in [3.05, 3.63) is 36.0 Å². The van der Waals surface area contributed by atoms with Crippen LogP contribution in [0.1, 0.15) is 24.8 Å². The predicted molar refractivity (Wildman–Crippen MR) is 93.1 cm³/mol. The zero-order chi connectivity index (χ0) is 16.8. The summed E-state index contributed by atoms with van der Waals surface area (Å²) >= 11 is 0. The van der Waals surface area contributed by atoms with E-state index >= 15 is 0 Å². The number of anilines is 3. The molecule has 1 aliphatic rings. The number of nitrogens with one attached hydrogen (secondary N) is 3. The molecule has 0 saturated heterocycles. The minimum atomic E-state index is 0.166. The summed E-state index contributed by atoms with van der Waals surface area (Å²) in [4.78, 5) is 15.9. The van der Waals surface area contributed by atoms with Gasteiger partial charge in [-0.15, -0.1) is 10.2 Å². The third-order valence-corrected chi connectivity index (χ3v) is 4.04. The molecule has 0 spiro atoms. The molecule has 0 bridgehead atoms. The minimum Gasteiger partial charge on any atom is -0.367 e. The van der Waals surface area contributed by atoms with Gasteiger partial charge in [-0.2, -0.15) is 0 Å². The lowest BCUT2D eigenvalue weighted by Gasteiger charge is -2.24. The van der Waals surface area contributed by atoms with E-state index in [0.29, 0.717) is 24.7 Å². The first-order valence-corrected chi connectivity index (χ1v) is 8.26. The number of hydrogen-bond acceptors (Lipinski definition) is 6. The van der Waals surface area contributed by atoms with E-state index in [1.807, 2.05) is 31.2 Å². The van der Waals surface area contributed by atoms with Crippen LogP contribution < -0.4 is 16.0 Å². The third-order valence-electron chi connectivity index (χ3n) is 4.04. The lowest BCUT2D eigenvalue weighted by Crippen LogP contribution is -2.36. The number of carbonyl (C=O) groups is 1. The van der Waals surface area contributed by atoms with Gasteiger partial charge in [0.1, 0.15) is 11.6 Å². The number of hydrogen-bond donors (Lipinski definition) is 3. The molecule has 24 heavy (non-hydrogen) atoms. The zero-order valence-corrected chi connectivity index (χ0v) is 13.7. The van der Waals surface area contributed by atoms with E-state index in [1.165, 1.54) is 6.42 Å². The van der Waals surface area contributed by atoms with Gasteiger partial charge in [0.25, 0.3) is 0 Å². The maximum Gasteiger partial charge on any atom is 0.223 e. The van der Waals surface area contributed by atoms with Crippen LogP contribution in [0, 0.1) is 12.8 Å². The largest absolute Gasteiger partial charge is 0.367 e. The van der Waals surface area contributed by atoms with Gasteiger partial charge >= 0.3 is 0 Å². The van der Waals surface area contributed by atoms with Crippen LogP contribution in [0.25, 0.3) is 0 Å². The Morgan fingerprint density at radius 2 is 1.92 bits per heavy atom. The van der Waals surface area contributed by atoms with Crippen molar-refractivity contribution in [2.75, 3.05) is 23.7 Å². The molecule has 1 amide bonds. The number of aromatic nitrogens is 3. The topological polar surface area (TPSA) is 91.8 Å². The summed E-state index contributed by atoms with van der Waals surface area (Å²) in [5, 5.41) is 17.4. The molecule has 2 aromatic rings. The van der Waals surface area contributed by atoms with Crippen molar-refractivity contribution in [1.29, 1.82) is 0 Å². The Hall–Kier alpha value is -2.70. The van der Waals surface area contributed by atoms with Gasteiger partial charge < -0.3 is 16.0 Å². The molecule has 1 saturated carbocycles. The van der Waals surface area contributed by atoms with Crippen LogP contribution in [-0.4, -0.2) is 34.2 Å². The second-order valence-electron chi connectivity index (χ2n) is 5.99. The van der Waals surface area contributed by atoms with Gasteiger partial charge in [0.15, 0.2) is 5.82 Å². The quantitative estimate of drug-likeness (QED) is 0.676.